The Morgan fingerprint density at radius 3 is 2.65 bits per heavy atom. The summed E-state index contributed by atoms with van der Waals surface area (Å²) in [4.78, 5) is 28.4. The zero-order valence-electron chi connectivity index (χ0n) is 12.8. The topological polar surface area (TPSA) is 68.3 Å². The first kappa shape index (κ1) is 15.2. The minimum absolute atomic E-state index is 0.0961. The smallest absolute Gasteiger partial charge is 0.333 e. The first-order valence-corrected chi connectivity index (χ1v) is 7.53. The number of esters is 1. The minimum atomic E-state index is -0.821. The van der Waals surface area contributed by atoms with E-state index in [1.165, 1.54) is 7.11 Å². The second-order valence-corrected chi connectivity index (χ2v) is 5.61. The predicted molar refractivity (Wildman–Crippen MR) is 84.4 cm³/mol. The van der Waals surface area contributed by atoms with Crippen LogP contribution in [0.2, 0.25) is 0 Å². The highest BCUT2D eigenvalue weighted by atomic mass is 16.5. The number of methoxy groups -OCH3 is 1. The number of hydrogen-bond acceptors (Lipinski definition) is 4. The van der Waals surface area contributed by atoms with Crippen LogP contribution in [0.1, 0.15) is 29.5 Å². The van der Waals surface area contributed by atoms with Gasteiger partial charge in [-0.1, -0.05) is 36.4 Å². The van der Waals surface area contributed by atoms with Crippen LogP contribution >= 0.6 is 0 Å². The van der Waals surface area contributed by atoms with Gasteiger partial charge in [-0.05, 0) is 24.0 Å². The fourth-order valence-electron chi connectivity index (χ4n) is 2.75. The van der Waals surface area contributed by atoms with Crippen LogP contribution in [0.5, 0.6) is 0 Å². The van der Waals surface area contributed by atoms with Crippen molar-refractivity contribution in [3.8, 4) is 0 Å². The number of ether oxygens (including phenoxy) is 1. The number of nitrogens with one attached hydrogen (secondary N) is 1. The lowest BCUT2D eigenvalue weighted by Crippen LogP contribution is -2.35. The summed E-state index contributed by atoms with van der Waals surface area (Å²) < 4.78 is 4.80. The van der Waals surface area contributed by atoms with Crippen LogP contribution in [0.15, 0.2) is 54.9 Å². The molecule has 2 aromatic rings. The van der Waals surface area contributed by atoms with Crippen molar-refractivity contribution in [1.82, 2.24) is 10.3 Å². The molecule has 0 saturated heterocycles. The maximum absolute atomic E-state index is 12.5. The number of carbonyl (C=O) groups is 2. The van der Waals surface area contributed by atoms with Gasteiger partial charge in [-0.25, -0.2) is 4.79 Å². The van der Waals surface area contributed by atoms with E-state index in [1.54, 1.807) is 24.5 Å². The molecule has 1 aromatic heterocycles. The second kappa shape index (κ2) is 6.60. The average molecular weight is 310 g/mol. The Bertz CT molecular complexity index is 688. The van der Waals surface area contributed by atoms with Crippen molar-refractivity contribution in [3.05, 3.63) is 66.0 Å². The molecule has 23 heavy (non-hydrogen) atoms. The summed E-state index contributed by atoms with van der Waals surface area (Å²) >= 11 is 0. The van der Waals surface area contributed by atoms with Crippen molar-refractivity contribution in [2.75, 3.05) is 7.11 Å². The molecule has 1 aliphatic rings. The van der Waals surface area contributed by atoms with Gasteiger partial charge in [-0.15, -0.1) is 0 Å². The van der Waals surface area contributed by atoms with Gasteiger partial charge >= 0.3 is 5.97 Å². The number of amides is 1. The number of hydrogen-bond donors (Lipinski definition) is 1. The Balaban J connectivity index is 1.69. The second-order valence-electron chi connectivity index (χ2n) is 5.61. The van der Waals surface area contributed by atoms with Gasteiger partial charge in [0.2, 0.25) is 5.91 Å². The summed E-state index contributed by atoms with van der Waals surface area (Å²) in [5.41, 5.74) is 1.77. The average Bonchev–Trinajstić information content (AvgIpc) is 3.41. The number of rotatable bonds is 5. The van der Waals surface area contributed by atoms with Crippen LogP contribution in [0, 0.1) is 5.92 Å². The van der Waals surface area contributed by atoms with Gasteiger partial charge in [0, 0.05) is 23.9 Å². The van der Waals surface area contributed by atoms with Crippen molar-refractivity contribution < 1.29 is 14.3 Å². The maximum Gasteiger partial charge on any atom is 0.333 e. The van der Waals surface area contributed by atoms with Gasteiger partial charge < -0.3 is 10.1 Å². The molecule has 5 nitrogen and oxygen atoms in total. The molecule has 1 aliphatic carbocycles. The largest absolute Gasteiger partial charge is 0.467 e. The van der Waals surface area contributed by atoms with Crippen LogP contribution in [-0.4, -0.2) is 24.0 Å². The molecule has 1 aromatic carbocycles. The Morgan fingerprint density at radius 2 is 2.00 bits per heavy atom. The summed E-state index contributed by atoms with van der Waals surface area (Å²) in [6, 6.07) is 12.6. The van der Waals surface area contributed by atoms with Gasteiger partial charge in [0.05, 0.1) is 7.11 Å². The molecule has 1 heterocycles. The molecule has 1 N–H and O–H groups in total. The molecule has 1 fully saturated rings. The number of pyridine rings is 1. The summed E-state index contributed by atoms with van der Waals surface area (Å²) in [6.45, 7) is 0. The number of aromatic nitrogens is 1. The fraction of sp³-hybridized carbons (Fsp3) is 0.278. The fourth-order valence-corrected chi connectivity index (χ4v) is 2.75. The molecule has 0 radical (unpaired) electrons. The summed E-state index contributed by atoms with van der Waals surface area (Å²) in [5.74, 6) is -0.494. The molecule has 0 unspecified atom stereocenters. The minimum Gasteiger partial charge on any atom is -0.467 e. The molecule has 1 amide bonds. The first-order chi connectivity index (χ1) is 11.2. The molecule has 0 spiro atoms. The summed E-state index contributed by atoms with van der Waals surface area (Å²) in [6.07, 6.45) is 3.98. The Labute approximate surface area is 134 Å². The van der Waals surface area contributed by atoms with E-state index in [4.69, 9.17) is 4.74 Å². The monoisotopic (exact) mass is 310 g/mol. The van der Waals surface area contributed by atoms with Gasteiger partial charge in [-0.3, -0.25) is 9.78 Å². The molecular weight excluding hydrogens is 292 g/mol. The lowest BCUT2D eigenvalue weighted by atomic mass is 10.1. The van der Waals surface area contributed by atoms with E-state index >= 15 is 0 Å². The van der Waals surface area contributed by atoms with E-state index in [2.05, 4.69) is 10.3 Å². The van der Waals surface area contributed by atoms with E-state index in [1.807, 2.05) is 30.3 Å². The molecular formula is C18H18N2O3. The van der Waals surface area contributed by atoms with Crippen molar-refractivity contribution in [3.63, 3.8) is 0 Å². The van der Waals surface area contributed by atoms with Crippen molar-refractivity contribution in [1.29, 1.82) is 0 Å². The zero-order valence-corrected chi connectivity index (χ0v) is 12.8. The van der Waals surface area contributed by atoms with E-state index < -0.39 is 12.0 Å². The van der Waals surface area contributed by atoms with Gasteiger partial charge in [0.1, 0.15) is 0 Å². The standard InChI is InChI=1S/C18H18N2O3/c1-23-18(22)16(13-8-5-9-19-11-13)20-17(21)15-10-14(15)12-6-3-2-4-7-12/h2-9,11,14-16H,10H2,1H3,(H,20,21)/t14-,15+,16+/m0/s1. The SMILES string of the molecule is COC(=O)[C@H](NC(=O)[C@@H]1C[C@H]1c1ccccc1)c1cccnc1. The molecule has 118 valence electrons. The summed E-state index contributed by atoms with van der Waals surface area (Å²) in [7, 11) is 1.31. The number of nitrogens with zero attached hydrogens (tertiary/aromatic N) is 1. The third-order valence-electron chi connectivity index (χ3n) is 4.10. The van der Waals surface area contributed by atoms with E-state index in [0.29, 0.717) is 5.56 Å². The molecule has 3 rings (SSSR count). The highest BCUT2D eigenvalue weighted by molar-refractivity contribution is 5.88. The van der Waals surface area contributed by atoms with Crippen LogP contribution in [-0.2, 0) is 14.3 Å². The Hall–Kier alpha value is -2.69. The Morgan fingerprint density at radius 1 is 1.22 bits per heavy atom. The predicted octanol–water partition coefficient (Wildman–Crippen LogP) is 2.22. The molecule has 3 atom stereocenters. The van der Waals surface area contributed by atoms with E-state index in [0.717, 1.165) is 12.0 Å². The number of benzene rings is 1. The van der Waals surface area contributed by atoms with Crippen LogP contribution in [0.25, 0.3) is 0 Å². The molecule has 0 bridgehead atoms. The van der Waals surface area contributed by atoms with Crippen LogP contribution in [0.4, 0.5) is 0 Å². The highest BCUT2D eigenvalue weighted by Gasteiger charge is 2.45. The molecule has 5 heteroatoms. The van der Waals surface area contributed by atoms with Crippen LogP contribution < -0.4 is 5.32 Å². The third-order valence-corrected chi connectivity index (χ3v) is 4.10. The van der Waals surface area contributed by atoms with Crippen molar-refractivity contribution >= 4 is 11.9 Å². The first-order valence-electron chi connectivity index (χ1n) is 7.53. The molecule has 1 saturated carbocycles. The third kappa shape index (κ3) is 3.39. The van der Waals surface area contributed by atoms with Gasteiger partial charge in [-0.2, -0.15) is 0 Å². The van der Waals surface area contributed by atoms with Crippen molar-refractivity contribution in [2.45, 2.75) is 18.4 Å². The maximum atomic E-state index is 12.5. The summed E-state index contributed by atoms with van der Waals surface area (Å²) in [5, 5.41) is 2.79. The quantitative estimate of drug-likeness (QED) is 0.860. The Kier molecular flexibility index (Phi) is 4.37. The zero-order chi connectivity index (χ0) is 16.2. The van der Waals surface area contributed by atoms with E-state index in [-0.39, 0.29) is 17.7 Å². The van der Waals surface area contributed by atoms with Crippen LogP contribution in [0.3, 0.4) is 0 Å². The molecule has 0 aliphatic heterocycles. The lowest BCUT2D eigenvalue weighted by molar-refractivity contribution is -0.145. The van der Waals surface area contributed by atoms with Gasteiger partial charge in [0.15, 0.2) is 6.04 Å². The van der Waals surface area contributed by atoms with Gasteiger partial charge in [0.25, 0.3) is 0 Å². The number of carbonyl (C=O) groups excluding carboxylic acids is 2. The highest BCUT2D eigenvalue weighted by Crippen LogP contribution is 2.47. The van der Waals surface area contributed by atoms with E-state index in [9.17, 15) is 9.59 Å². The normalized spacial score (nSPS) is 20.4. The van der Waals surface area contributed by atoms with Crippen molar-refractivity contribution in [2.24, 2.45) is 5.92 Å². The lowest BCUT2D eigenvalue weighted by Gasteiger charge is -2.16.